The Hall–Kier alpha value is -2.08. The van der Waals surface area contributed by atoms with Gasteiger partial charge in [0.05, 0.1) is 0 Å². The lowest BCUT2D eigenvalue weighted by Gasteiger charge is -2.26. The molecule has 27 heavy (non-hydrogen) atoms. The minimum atomic E-state index is -0.535. The Balaban J connectivity index is 1.64. The van der Waals surface area contributed by atoms with Crippen LogP contribution in [0.3, 0.4) is 0 Å². The first-order valence-corrected chi connectivity index (χ1v) is 9.85. The quantitative estimate of drug-likeness (QED) is 0.768. The van der Waals surface area contributed by atoms with Crippen LogP contribution in [0.25, 0.3) is 0 Å². The summed E-state index contributed by atoms with van der Waals surface area (Å²) in [5.41, 5.74) is 1.85. The van der Waals surface area contributed by atoms with E-state index in [1.54, 1.807) is 20.8 Å². The van der Waals surface area contributed by atoms with E-state index in [9.17, 15) is 9.59 Å². The molecular formula is C21H33N3O3. The summed E-state index contributed by atoms with van der Waals surface area (Å²) in [6, 6.07) is 8.41. The molecule has 0 unspecified atom stereocenters. The van der Waals surface area contributed by atoms with Crippen LogP contribution in [-0.2, 0) is 22.6 Å². The van der Waals surface area contributed by atoms with Gasteiger partial charge >= 0.3 is 6.09 Å². The first kappa shape index (κ1) is 21.2. The summed E-state index contributed by atoms with van der Waals surface area (Å²) >= 11 is 0. The van der Waals surface area contributed by atoms with E-state index in [0.29, 0.717) is 6.54 Å². The number of piperidine rings is 1. The number of likely N-dealkylation sites (tertiary alicyclic amines) is 1. The number of carbonyl (C=O) groups excluding carboxylic acids is 2. The van der Waals surface area contributed by atoms with Gasteiger partial charge in [-0.2, -0.15) is 0 Å². The maximum atomic E-state index is 11.9. The number of hydrogen-bond donors (Lipinski definition) is 2. The van der Waals surface area contributed by atoms with Crippen molar-refractivity contribution in [3.8, 4) is 0 Å². The number of alkyl carbamates (subject to hydrolysis) is 1. The molecule has 1 aliphatic rings. The monoisotopic (exact) mass is 375 g/mol. The van der Waals surface area contributed by atoms with Crippen LogP contribution in [0.4, 0.5) is 4.79 Å². The van der Waals surface area contributed by atoms with Gasteiger partial charge in [0.15, 0.2) is 0 Å². The molecule has 6 nitrogen and oxygen atoms in total. The van der Waals surface area contributed by atoms with Crippen LogP contribution in [-0.4, -0.2) is 42.1 Å². The smallest absolute Gasteiger partial charge is 0.407 e. The third-order valence-corrected chi connectivity index (χ3v) is 4.39. The van der Waals surface area contributed by atoms with E-state index in [1.165, 1.54) is 37.9 Å². The van der Waals surface area contributed by atoms with Gasteiger partial charge in [-0.15, -0.1) is 0 Å². The van der Waals surface area contributed by atoms with Crippen molar-refractivity contribution in [1.29, 1.82) is 0 Å². The predicted molar refractivity (Wildman–Crippen MR) is 106 cm³/mol. The third-order valence-electron chi connectivity index (χ3n) is 4.39. The normalized spacial score (nSPS) is 15.2. The van der Waals surface area contributed by atoms with Crippen LogP contribution < -0.4 is 10.6 Å². The molecule has 1 aromatic rings. The Morgan fingerprint density at radius 3 is 2.26 bits per heavy atom. The van der Waals surface area contributed by atoms with Gasteiger partial charge in [-0.25, -0.2) is 4.79 Å². The lowest BCUT2D eigenvalue weighted by molar-refractivity contribution is -0.121. The van der Waals surface area contributed by atoms with Crippen molar-refractivity contribution in [2.75, 3.05) is 19.6 Å². The molecular weight excluding hydrogens is 342 g/mol. The first-order chi connectivity index (χ1) is 12.8. The molecule has 1 saturated heterocycles. The summed E-state index contributed by atoms with van der Waals surface area (Å²) in [7, 11) is 0. The molecule has 0 aliphatic carbocycles. The minimum absolute atomic E-state index is 0.0940. The molecule has 0 bridgehead atoms. The van der Waals surface area contributed by atoms with E-state index in [4.69, 9.17) is 4.74 Å². The van der Waals surface area contributed by atoms with E-state index in [1.807, 2.05) is 0 Å². The number of ether oxygens (including phenoxy) is 1. The van der Waals surface area contributed by atoms with Crippen LogP contribution in [0, 0.1) is 0 Å². The highest BCUT2D eigenvalue weighted by molar-refractivity contribution is 5.77. The number of amides is 2. The Kier molecular flexibility index (Phi) is 8.10. The second-order valence-corrected chi connectivity index (χ2v) is 8.11. The summed E-state index contributed by atoms with van der Waals surface area (Å²) in [4.78, 5) is 25.9. The van der Waals surface area contributed by atoms with Gasteiger partial charge in [0.25, 0.3) is 0 Å². The second kappa shape index (κ2) is 10.3. The van der Waals surface area contributed by atoms with E-state index >= 15 is 0 Å². The number of hydrogen-bond acceptors (Lipinski definition) is 4. The van der Waals surface area contributed by atoms with Crippen molar-refractivity contribution in [3.63, 3.8) is 0 Å². The zero-order valence-corrected chi connectivity index (χ0v) is 16.8. The van der Waals surface area contributed by atoms with Crippen molar-refractivity contribution >= 4 is 12.0 Å². The highest BCUT2D eigenvalue weighted by Gasteiger charge is 2.16. The van der Waals surface area contributed by atoms with Gasteiger partial charge in [-0.3, -0.25) is 9.69 Å². The van der Waals surface area contributed by atoms with E-state index in [0.717, 1.165) is 12.1 Å². The fraction of sp³-hybridized carbons (Fsp3) is 0.619. The van der Waals surface area contributed by atoms with Crippen LogP contribution in [0.5, 0.6) is 0 Å². The Morgan fingerprint density at radius 2 is 1.63 bits per heavy atom. The number of benzene rings is 1. The van der Waals surface area contributed by atoms with Crippen molar-refractivity contribution in [1.82, 2.24) is 15.5 Å². The number of nitrogens with one attached hydrogen (secondary N) is 2. The summed E-state index contributed by atoms with van der Waals surface area (Å²) < 4.78 is 5.13. The Bertz CT molecular complexity index is 602. The van der Waals surface area contributed by atoms with Gasteiger partial charge in [-0.1, -0.05) is 30.7 Å². The van der Waals surface area contributed by atoms with Gasteiger partial charge in [0.1, 0.15) is 5.60 Å². The molecule has 150 valence electrons. The van der Waals surface area contributed by atoms with Gasteiger partial charge in [-0.05, 0) is 57.8 Å². The van der Waals surface area contributed by atoms with Crippen LogP contribution in [0.1, 0.15) is 57.6 Å². The zero-order chi connectivity index (χ0) is 19.7. The summed E-state index contributed by atoms with van der Waals surface area (Å²) in [6.45, 7) is 9.54. The van der Waals surface area contributed by atoms with Crippen LogP contribution >= 0.6 is 0 Å². The van der Waals surface area contributed by atoms with Crippen LogP contribution in [0.2, 0.25) is 0 Å². The summed E-state index contributed by atoms with van der Waals surface area (Å²) in [5, 5.41) is 5.47. The third kappa shape index (κ3) is 8.91. The average molecular weight is 376 g/mol. The van der Waals surface area contributed by atoms with Gasteiger partial charge < -0.3 is 15.4 Å². The fourth-order valence-corrected chi connectivity index (χ4v) is 3.02. The molecule has 2 amide bonds. The average Bonchev–Trinajstić information content (AvgIpc) is 2.60. The molecule has 2 N–H and O–H groups in total. The maximum Gasteiger partial charge on any atom is 0.407 e. The minimum Gasteiger partial charge on any atom is -0.444 e. The number of nitrogens with zero attached hydrogens (tertiary/aromatic N) is 1. The molecule has 1 aromatic carbocycles. The highest BCUT2D eigenvalue weighted by atomic mass is 16.6. The topological polar surface area (TPSA) is 70.7 Å². The molecule has 2 rings (SSSR count). The number of carbonyl (C=O) groups is 2. The molecule has 1 heterocycles. The zero-order valence-electron chi connectivity index (χ0n) is 16.8. The Morgan fingerprint density at radius 1 is 1.00 bits per heavy atom. The summed E-state index contributed by atoms with van der Waals surface area (Å²) in [6.07, 6.45) is 3.67. The summed E-state index contributed by atoms with van der Waals surface area (Å²) in [5.74, 6) is -0.0940. The largest absolute Gasteiger partial charge is 0.444 e. The predicted octanol–water partition coefficient (Wildman–Crippen LogP) is 3.20. The molecule has 0 radical (unpaired) electrons. The molecule has 0 atom stereocenters. The van der Waals surface area contributed by atoms with Gasteiger partial charge in [0.2, 0.25) is 5.91 Å². The van der Waals surface area contributed by atoms with Crippen molar-refractivity contribution in [2.45, 2.75) is 65.1 Å². The van der Waals surface area contributed by atoms with Crippen molar-refractivity contribution in [3.05, 3.63) is 35.4 Å². The molecule has 0 spiro atoms. The SMILES string of the molecule is CC(C)(C)OC(=O)NCCC(=O)NCc1ccc(CN2CCCCC2)cc1. The highest BCUT2D eigenvalue weighted by Crippen LogP contribution is 2.13. The lowest BCUT2D eigenvalue weighted by atomic mass is 10.1. The van der Waals surface area contributed by atoms with Gasteiger partial charge in [0, 0.05) is 26.1 Å². The fourth-order valence-electron chi connectivity index (χ4n) is 3.02. The second-order valence-electron chi connectivity index (χ2n) is 8.11. The van der Waals surface area contributed by atoms with E-state index in [2.05, 4.69) is 39.8 Å². The molecule has 1 fully saturated rings. The molecule has 0 aromatic heterocycles. The Labute approximate surface area is 162 Å². The van der Waals surface area contributed by atoms with Crippen molar-refractivity contribution in [2.24, 2.45) is 0 Å². The molecule has 0 saturated carbocycles. The van der Waals surface area contributed by atoms with Crippen molar-refractivity contribution < 1.29 is 14.3 Å². The van der Waals surface area contributed by atoms with E-state index < -0.39 is 11.7 Å². The number of rotatable bonds is 7. The standard InChI is InChI=1S/C21H33N3O3/c1-21(2,3)27-20(26)22-12-11-19(25)23-15-17-7-9-18(10-8-17)16-24-13-5-4-6-14-24/h7-10H,4-6,11-16H2,1-3H3,(H,22,26)(H,23,25). The maximum absolute atomic E-state index is 11.9. The van der Waals surface area contributed by atoms with Crippen LogP contribution in [0.15, 0.2) is 24.3 Å². The van der Waals surface area contributed by atoms with E-state index in [-0.39, 0.29) is 18.9 Å². The molecule has 1 aliphatic heterocycles. The molecule has 6 heteroatoms. The lowest BCUT2D eigenvalue weighted by Crippen LogP contribution is -2.35. The first-order valence-electron chi connectivity index (χ1n) is 9.85.